The van der Waals surface area contributed by atoms with Crippen LogP contribution in [0.4, 0.5) is 10.5 Å². The standard InChI is InChI=1S/C15H16ClNO3/c16-8-9-19-10-11-20-15(18)17-14-7-3-5-12-4-1-2-6-13(12)14/h1-7H,8-11H2,(H,17,18). The molecular formula is C15H16ClNO3. The number of alkyl halides is 1. The van der Waals surface area contributed by atoms with E-state index in [9.17, 15) is 4.79 Å². The van der Waals surface area contributed by atoms with Crippen molar-refractivity contribution >= 4 is 34.2 Å². The maximum atomic E-state index is 11.7. The van der Waals surface area contributed by atoms with Gasteiger partial charge in [0.2, 0.25) is 0 Å². The van der Waals surface area contributed by atoms with Crippen molar-refractivity contribution in [3.8, 4) is 0 Å². The van der Waals surface area contributed by atoms with Gasteiger partial charge in [0, 0.05) is 11.3 Å². The smallest absolute Gasteiger partial charge is 0.411 e. The van der Waals surface area contributed by atoms with Crippen LogP contribution in [0, 0.1) is 0 Å². The zero-order chi connectivity index (χ0) is 14.2. The third-order valence-corrected chi connectivity index (χ3v) is 2.86. The van der Waals surface area contributed by atoms with Crippen LogP contribution in [-0.4, -0.2) is 31.8 Å². The van der Waals surface area contributed by atoms with Crippen LogP contribution in [0.2, 0.25) is 0 Å². The third kappa shape index (κ3) is 4.11. The van der Waals surface area contributed by atoms with E-state index in [0.29, 0.717) is 19.1 Å². The van der Waals surface area contributed by atoms with E-state index in [2.05, 4.69) is 5.32 Å². The van der Waals surface area contributed by atoms with Crippen LogP contribution in [0.15, 0.2) is 42.5 Å². The molecule has 0 radical (unpaired) electrons. The molecule has 0 heterocycles. The van der Waals surface area contributed by atoms with Crippen molar-refractivity contribution in [2.75, 3.05) is 31.0 Å². The molecular weight excluding hydrogens is 278 g/mol. The first-order valence-electron chi connectivity index (χ1n) is 6.36. The van der Waals surface area contributed by atoms with E-state index in [1.54, 1.807) is 0 Å². The van der Waals surface area contributed by atoms with Gasteiger partial charge in [-0.1, -0.05) is 36.4 Å². The number of fused-ring (bicyclic) bond motifs is 1. The molecule has 0 aliphatic carbocycles. The molecule has 4 nitrogen and oxygen atoms in total. The third-order valence-electron chi connectivity index (χ3n) is 2.71. The lowest BCUT2D eigenvalue weighted by molar-refractivity contribution is 0.0859. The number of carbonyl (C=O) groups excluding carboxylic acids is 1. The Kier molecular flexibility index (Phi) is 5.65. The molecule has 0 aliphatic heterocycles. The van der Waals surface area contributed by atoms with E-state index < -0.39 is 6.09 Å². The molecule has 0 fully saturated rings. The second-order valence-electron chi connectivity index (χ2n) is 4.09. The molecule has 2 aromatic rings. The zero-order valence-corrected chi connectivity index (χ0v) is 11.7. The van der Waals surface area contributed by atoms with Gasteiger partial charge in [0.05, 0.1) is 18.9 Å². The van der Waals surface area contributed by atoms with Crippen molar-refractivity contribution in [2.45, 2.75) is 0 Å². The summed E-state index contributed by atoms with van der Waals surface area (Å²) < 4.78 is 10.1. The number of anilines is 1. The van der Waals surface area contributed by atoms with Crippen molar-refractivity contribution in [2.24, 2.45) is 0 Å². The largest absolute Gasteiger partial charge is 0.447 e. The fraction of sp³-hybridized carbons (Fsp3) is 0.267. The van der Waals surface area contributed by atoms with Crippen molar-refractivity contribution in [1.29, 1.82) is 0 Å². The van der Waals surface area contributed by atoms with E-state index in [1.807, 2.05) is 42.5 Å². The molecule has 5 heteroatoms. The van der Waals surface area contributed by atoms with Crippen LogP contribution < -0.4 is 5.32 Å². The molecule has 1 N–H and O–H groups in total. The average Bonchev–Trinajstić information content (AvgIpc) is 2.47. The molecule has 2 aromatic carbocycles. The Labute approximate surface area is 122 Å². The molecule has 0 bridgehead atoms. The molecule has 1 amide bonds. The summed E-state index contributed by atoms with van der Waals surface area (Å²) in [6, 6.07) is 13.6. The van der Waals surface area contributed by atoms with Crippen molar-refractivity contribution < 1.29 is 14.3 Å². The monoisotopic (exact) mass is 293 g/mol. The minimum absolute atomic E-state index is 0.202. The number of nitrogens with one attached hydrogen (secondary N) is 1. The molecule has 2 rings (SSSR count). The van der Waals surface area contributed by atoms with E-state index in [4.69, 9.17) is 21.1 Å². The van der Waals surface area contributed by atoms with Gasteiger partial charge in [-0.25, -0.2) is 4.79 Å². The highest BCUT2D eigenvalue weighted by atomic mass is 35.5. The Morgan fingerprint density at radius 3 is 2.70 bits per heavy atom. The van der Waals surface area contributed by atoms with E-state index in [1.165, 1.54) is 0 Å². The van der Waals surface area contributed by atoms with Gasteiger partial charge < -0.3 is 9.47 Å². The van der Waals surface area contributed by atoms with Gasteiger partial charge >= 0.3 is 6.09 Å². The topological polar surface area (TPSA) is 47.6 Å². The number of rotatable bonds is 6. The first kappa shape index (κ1) is 14.6. The number of hydrogen-bond acceptors (Lipinski definition) is 3. The number of hydrogen-bond donors (Lipinski definition) is 1. The number of halogens is 1. The van der Waals surface area contributed by atoms with E-state index >= 15 is 0 Å². The summed E-state index contributed by atoms with van der Waals surface area (Å²) >= 11 is 5.46. The van der Waals surface area contributed by atoms with Gasteiger partial charge in [-0.2, -0.15) is 0 Å². The summed E-state index contributed by atoms with van der Waals surface area (Å²) in [5.41, 5.74) is 0.731. The number of carbonyl (C=O) groups is 1. The minimum atomic E-state index is -0.490. The molecule has 0 aromatic heterocycles. The lowest BCUT2D eigenvalue weighted by Crippen LogP contribution is -2.17. The molecule has 106 valence electrons. The van der Waals surface area contributed by atoms with Gasteiger partial charge in [-0.15, -0.1) is 11.6 Å². The Hall–Kier alpha value is -1.78. The van der Waals surface area contributed by atoms with Crippen LogP contribution in [0.5, 0.6) is 0 Å². The first-order chi connectivity index (χ1) is 9.81. The highest BCUT2D eigenvalue weighted by Gasteiger charge is 2.05. The average molecular weight is 294 g/mol. The Morgan fingerprint density at radius 2 is 1.85 bits per heavy atom. The van der Waals surface area contributed by atoms with E-state index in [-0.39, 0.29) is 6.61 Å². The Morgan fingerprint density at radius 1 is 1.05 bits per heavy atom. The molecule has 0 spiro atoms. The summed E-state index contributed by atoms with van der Waals surface area (Å²) in [4.78, 5) is 11.7. The van der Waals surface area contributed by atoms with Crippen LogP contribution >= 0.6 is 11.6 Å². The summed E-state index contributed by atoms with van der Waals surface area (Å²) in [6.45, 7) is 0.999. The zero-order valence-electron chi connectivity index (χ0n) is 11.0. The molecule has 0 saturated carbocycles. The lowest BCUT2D eigenvalue weighted by Gasteiger charge is -2.09. The highest BCUT2D eigenvalue weighted by molar-refractivity contribution is 6.17. The minimum Gasteiger partial charge on any atom is -0.447 e. The molecule has 20 heavy (non-hydrogen) atoms. The van der Waals surface area contributed by atoms with Gasteiger partial charge in [-0.3, -0.25) is 5.32 Å². The fourth-order valence-corrected chi connectivity index (χ4v) is 1.94. The maximum absolute atomic E-state index is 11.7. The molecule has 0 atom stereocenters. The Bertz CT molecular complexity index is 569. The number of ether oxygens (including phenoxy) is 2. The van der Waals surface area contributed by atoms with Gasteiger partial charge in [0.15, 0.2) is 0 Å². The van der Waals surface area contributed by atoms with Crippen molar-refractivity contribution in [3.63, 3.8) is 0 Å². The quantitative estimate of drug-likeness (QED) is 0.653. The van der Waals surface area contributed by atoms with Crippen LogP contribution in [0.25, 0.3) is 10.8 Å². The highest BCUT2D eigenvalue weighted by Crippen LogP contribution is 2.22. The predicted octanol–water partition coefficient (Wildman–Crippen LogP) is 3.64. The van der Waals surface area contributed by atoms with Crippen LogP contribution in [0.1, 0.15) is 0 Å². The SMILES string of the molecule is O=C(Nc1cccc2ccccc12)OCCOCCCl. The normalized spacial score (nSPS) is 10.4. The summed E-state index contributed by atoms with van der Waals surface area (Å²) in [6.07, 6.45) is -0.490. The fourth-order valence-electron chi connectivity index (χ4n) is 1.83. The summed E-state index contributed by atoms with van der Waals surface area (Å²) in [5.74, 6) is 0.433. The van der Waals surface area contributed by atoms with Gasteiger partial charge in [0.25, 0.3) is 0 Å². The first-order valence-corrected chi connectivity index (χ1v) is 6.90. The second-order valence-corrected chi connectivity index (χ2v) is 4.47. The van der Waals surface area contributed by atoms with Crippen molar-refractivity contribution in [1.82, 2.24) is 0 Å². The molecule has 0 aliphatic rings. The van der Waals surface area contributed by atoms with Crippen LogP contribution in [-0.2, 0) is 9.47 Å². The second kappa shape index (κ2) is 7.72. The van der Waals surface area contributed by atoms with Crippen LogP contribution in [0.3, 0.4) is 0 Å². The molecule has 0 saturated heterocycles. The van der Waals surface area contributed by atoms with E-state index in [0.717, 1.165) is 16.5 Å². The molecule has 0 unspecified atom stereocenters. The summed E-state index contributed by atoms with van der Waals surface area (Å²) in [5, 5.41) is 4.78. The maximum Gasteiger partial charge on any atom is 0.411 e. The number of benzene rings is 2. The van der Waals surface area contributed by atoms with Gasteiger partial charge in [0.1, 0.15) is 6.61 Å². The predicted molar refractivity (Wildman–Crippen MR) is 80.5 cm³/mol. The van der Waals surface area contributed by atoms with Gasteiger partial charge in [-0.05, 0) is 11.5 Å². The Balaban J connectivity index is 1.90. The summed E-state index contributed by atoms with van der Waals surface area (Å²) in [7, 11) is 0. The number of amides is 1. The lowest BCUT2D eigenvalue weighted by atomic mass is 10.1. The van der Waals surface area contributed by atoms with Crippen molar-refractivity contribution in [3.05, 3.63) is 42.5 Å².